The maximum atomic E-state index is 12.4. The van der Waals surface area contributed by atoms with E-state index in [0.717, 1.165) is 0 Å². The minimum Gasteiger partial charge on any atom is -0.493 e. The molecule has 0 N–H and O–H groups in total. The van der Waals surface area contributed by atoms with Gasteiger partial charge in [-0.3, -0.25) is 19.3 Å². The van der Waals surface area contributed by atoms with E-state index in [9.17, 15) is 14.4 Å². The van der Waals surface area contributed by atoms with E-state index in [2.05, 4.69) is 0 Å². The molecule has 0 spiro atoms. The number of rotatable bonds is 6. The molecule has 0 radical (unpaired) electrons. The second-order valence-corrected chi connectivity index (χ2v) is 6.20. The molecule has 138 valence electrons. The van der Waals surface area contributed by atoms with Crippen LogP contribution < -0.4 is 14.2 Å². The summed E-state index contributed by atoms with van der Waals surface area (Å²) >= 11 is 0. The molecule has 1 saturated heterocycles. The number of imide groups is 1. The molecule has 2 atom stereocenters. The van der Waals surface area contributed by atoms with Gasteiger partial charge >= 0.3 is 5.97 Å². The first-order valence-corrected chi connectivity index (χ1v) is 8.48. The van der Waals surface area contributed by atoms with Crippen molar-refractivity contribution in [3.05, 3.63) is 30.4 Å². The van der Waals surface area contributed by atoms with Gasteiger partial charge in [-0.2, -0.15) is 0 Å². The van der Waals surface area contributed by atoms with Gasteiger partial charge in [0.2, 0.25) is 17.6 Å². The van der Waals surface area contributed by atoms with Crippen molar-refractivity contribution in [2.24, 2.45) is 11.8 Å². The Bertz CT molecular complexity index is 708. The van der Waals surface area contributed by atoms with Crippen molar-refractivity contribution >= 4 is 17.8 Å². The normalized spacial score (nSPS) is 21.5. The van der Waals surface area contributed by atoms with Gasteiger partial charge in [-0.15, -0.1) is 0 Å². The molecule has 0 bridgehead atoms. The highest BCUT2D eigenvalue weighted by atomic mass is 16.6. The molecule has 1 aliphatic heterocycles. The van der Waals surface area contributed by atoms with Crippen LogP contribution in [0.1, 0.15) is 19.3 Å². The van der Waals surface area contributed by atoms with Crippen LogP contribution in [0.4, 0.5) is 0 Å². The lowest BCUT2D eigenvalue weighted by Gasteiger charge is -2.15. The van der Waals surface area contributed by atoms with Crippen molar-refractivity contribution in [1.29, 1.82) is 0 Å². The van der Waals surface area contributed by atoms with E-state index in [0.29, 0.717) is 24.3 Å². The smallest absolute Gasteiger partial charge is 0.313 e. The summed E-state index contributed by atoms with van der Waals surface area (Å²) in [6.07, 6.45) is 4.92. The highest BCUT2D eigenvalue weighted by molar-refractivity contribution is 6.05. The minimum absolute atomic E-state index is 0.0148. The summed E-state index contributed by atoms with van der Waals surface area (Å²) < 4.78 is 15.7. The number of esters is 1. The highest BCUT2D eigenvalue weighted by Crippen LogP contribution is 2.37. The van der Waals surface area contributed by atoms with Crippen LogP contribution in [-0.4, -0.2) is 43.4 Å². The monoisotopic (exact) mass is 359 g/mol. The van der Waals surface area contributed by atoms with Gasteiger partial charge in [0.05, 0.1) is 32.5 Å². The summed E-state index contributed by atoms with van der Waals surface area (Å²) in [4.78, 5) is 38.2. The lowest BCUT2D eigenvalue weighted by molar-refractivity contribution is -0.141. The third kappa shape index (κ3) is 3.29. The summed E-state index contributed by atoms with van der Waals surface area (Å²) in [5, 5.41) is 0. The Balaban J connectivity index is 1.63. The number of carbonyl (C=O) groups excluding carboxylic acids is 3. The zero-order valence-corrected chi connectivity index (χ0v) is 14.8. The van der Waals surface area contributed by atoms with E-state index in [1.807, 2.05) is 12.2 Å². The third-order valence-corrected chi connectivity index (χ3v) is 4.74. The van der Waals surface area contributed by atoms with E-state index < -0.39 is 5.97 Å². The van der Waals surface area contributed by atoms with Crippen molar-refractivity contribution < 1.29 is 28.6 Å². The number of ether oxygens (including phenoxy) is 3. The van der Waals surface area contributed by atoms with Crippen LogP contribution in [0.25, 0.3) is 0 Å². The van der Waals surface area contributed by atoms with Crippen molar-refractivity contribution in [3.8, 4) is 17.2 Å². The average molecular weight is 359 g/mol. The maximum absolute atomic E-state index is 12.4. The summed E-state index contributed by atoms with van der Waals surface area (Å²) in [6.45, 7) is 0.0148. The number of fused-ring (bicyclic) bond motifs is 1. The van der Waals surface area contributed by atoms with Gasteiger partial charge in [-0.05, 0) is 25.0 Å². The van der Waals surface area contributed by atoms with Crippen molar-refractivity contribution in [2.75, 3.05) is 20.8 Å². The summed E-state index contributed by atoms with van der Waals surface area (Å²) in [5.41, 5.74) is 0. The van der Waals surface area contributed by atoms with Gasteiger partial charge in [0.15, 0.2) is 11.5 Å². The maximum Gasteiger partial charge on any atom is 0.313 e. The number of methoxy groups -OCH3 is 2. The fourth-order valence-corrected chi connectivity index (χ4v) is 3.38. The van der Waals surface area contributed by atoms with Crippen LogP contribution in [0.5, 0.6) is 17.2 Å². The van der Waals surface area contributed by atoms with Crippen LogP contribution >= 0.6 is 0 Å². The fourth-order valence-electron chi connectivity index (χ4n) is 3.38. The Kier molecular flexibility index (Phi) is 5.25. The Hall–Kier alpha value is -2.83. The quantitative estimate of drug-likeness (QED) is 0.334. The van der Waals surface area contributed by atoms with Crippen molar-refractivity contribution in [1.82, 2.24) is 4.90 Å². The lowest BCUT2D eigenvalue weighted by atomic mass is 9.85. The molecule has 1 aromatic carbocycles. The number of benzene rings is 1. The number of hydrogen-bond donors (Lipinski definition) is 0. The molecular weight excluding hydrogens is 338 g/mol. The molecule has 1 aliphatic carbocycles. The Labute approximate surface area is 151 Å². The van der Waals surface area contributed by atoms with Crippen molar-refractivity contribution in [3.63, 3.8) is 0 Å². The predicted octanol–water partition coefficient (Wildman–Crippen LogP) is 1.95. The number of hydrogen-bond acceptors (Lipinski definition) is 6. The Morgan fingerprint density at radius 3 is 2.08 bits per heavy atom. The first-order valence-electron chi connectivity index (χ1n) is 8.48. The topological polar surface area (TPSA) is 82.1 Å². The number of likely N-dealkylation sites (tertiary alicyclic amines) is 1. The van der Waals surface area contributed by atoms with Crippen LogP contribution in [-0.2, 0) is 14.4 Å². The van der Waals surface area contributed by atoms with E-state index >= 15 is 0 Å². The van der Waals surface area contributed by atoms with Crippen LogP contribution in [0.3, 0.4) is 0 Å². The van der Waals surface area contributed by atoms with E-state index in [1.165, 1.54) is 19.1 Å². The van der Waals surface area contributed by atoms with E-state index in [4.69, 9.17) is 14.2 Å². The third-order valence-electron chi connectivity index (χ3n) is 4.74. The molecule has 26 heavy (non-hydrogen) atoms. The molecule has 7 heteroatoms. The number of amides is 2. The largest absolute Gasteiger partial charge is 0.493 e. The first-order chi connectivity index (χ1) is 12.6. The van der Waals surface area contributed by atoms with Crippen LogP contribution in [0.15, 0.2) is 30.4 Å². The number of nitrogens with zero attached hydrogens (tertiary/aromatic N) is 1. The highest BCUT2D eigenvalue weighted by Gasteiger charge is 2.46. The zero-order valence-electron chi connectivity index (χ0n) is 14.8. The summed E-state index contributed by atoms with van der Waals surface area (Å²) in [7, 11) is 2.92. The van der Waals surface area contributed by atoms with Gasteiger partial charge in [-0.1, -0.05) is 18.2 Å². The van der Waals surface area contributed by atoms with Gasteiger partial charge in [0.1, 0.15) is 0 Å². The Morgan fingerprint density at radius 1 is 1.04 bits per heavy atom. The molecule has 0 aromatic heterocycles. The van der Waals surface area contributed by atoms with E-state index in [-0.39, 0.29) is 42.4 Å². The van der Waals surface area contributed by atoms with Gasteiger partial charge < -0.3 is 14.2 Å². The molecule has 0 saturated carbocycles. The summed E-state index contributed by atoms with van der Waals surface area (Å²) in [5.74, 6) is -0.651. The second-order valence-electron chi connectivity index (χ2n) is 6.20. The molecule has 1 fully saturated rings. The van der Waals surface area contributed by atoms with Crippen LogP contribution in [0, 0.1) is 11.8 Å². The molecule has 3 rings (SSSR count). The fraction of sp³-hybridized carbons (Fsp3) is 0.421. The number of para-hydroxylation sites is 1. The molecule has 7 nitrogen and oxygen atoms in total. The molecule has 2 amide bonds. The lowest BCUT2D eigenvalue weighted by Crippen LogP contribution is -2.33. The van der Waals surface area contributed by atoms with Gasteiger partial charge in [0, 0.05) is 6.54 Å². The molecule has 1 aromatic rings. The molecule has 0 unspecified atom stereocenters. The van der Waals surface area contributed by atoms with Crippen LogP contribution in [0.2, 0.25) is 0 Å². The zero-order chi connectivity index (χ0) is 18.7. The summed E-state index contributed by atoms with van der Waals surface area (Å²) in [6, 6.07) is 5.01. The first kappa shape index (κ1) is 18.0. The minimum atomic E-state index is -0.568. The SMILES string of the molecule is COc1cccc(OC)c1OC(=O)CCN1C(=O)[C@H]2CC=CC[C@H]2C1=O. The van der Waals surface area contributed by atoms with Crippen molar-refractivity contribution in [2.45, 2.75) is 19.3 Å². The Morgan fingerprint density at radius 2 is 1.58 bits per heavy atom. The van der Waals surface area contributed by atoms with Gasteiger partial charge in [-0.25, -0.2) is 0 Å². The van der Waals surface area contributed by atoms with E-state index in [1.54, 1.807) is 18.2 Å². The predicted molar refractivity (Wildman–Crippen MR) is 91.9 cm³/mol. The molecular formula is C19H21NO6. The average Bonchev–Trinajstić information content (AvgIpc) is 2.91. The van der Waals surface area contributed by atoms with Gasteiger partial charge in [0.25, 0.3) is 0 Å². The second kappa shape index (κ2) is 7.59. The number of allylic oxidation sites excluding steroid dienone is 2. The standard InChI is InChI=1S/C19H21NO6/c1-24-14-8-5-9-15(25-2)17(14)26-16(21)10-11-20-18(22)12-6-3-4-7-13(12)19(20)23/h3-5,8-9,12-13H,6-7,10-11H2,1-2H3/t12-,13+. The molecule has 1 heterocycles. The molecule has 2 aliphatic rings. The number of carbonyl (C=O) groups is 3.